The van der Waals surface area contributed by atoms with Gasteiger partial charge in [0.1, 0.15) is 5.60 Å². The normalized spacial score (nSPS) is 20.6. The number of nitrogens with two attached hydrogens (primary N) is 1. The predicted molar refractivity (Wildman–Crippen MR) is 68.0 cm³/mol. The van der Waals surface area contributed by atoms with Gasteiger partial charge in [0.25, 0.3) is 0 Å². The van der Waals surface area contributed by atoms with Crippen LogP contribution in [0.2, 0.25) is 0 Å². The maximum absolute atomic E-state index is 11.9. The molecule has 1 aliphatic rings. The van der Waals surface area contributed by atoms with Crippen LogP contribution in [-0.4, -0.2) is 48.2 Å². The first-order valence-corrected chi connectivity index (χ1v) is 6.27. The molecule has 0 aromatic heterocycles. The first-order valence-electron chi connectivity index (χ1n) is 6.27. The van der Waals surface area contributed by atoms with E-state index < -0.39 is 5.60 Å². The van der Waals surface area contributed by atoms with Crippen LogP contribution in [0, 0.1) is 0 Å². The van der Waals surface area contributed by atoms with E-state index in [1.807, 2.05) is 20.8 Å². The second-order valence-corrected chi connectivity index (χ2v) is 5.61. The summed E-state index contributed by atoms with van der Waals surface area (Å²) in [6.45, 7) is 6.94. The first-order chi connectivity index (χ1) is 8.28. The number of piperidine rings is 1. The highest BCUT2D eigenvalue weighted by atomic mass is 16.6. The summed E-state index contributed by atoms with van der Waals surface area (Å²) < 4.78 is 5.32. The van der Waals surface area contributed by atoms with Crippen LogP contribution < -0.4 is 11.1 Å². The summed E-state index contributed by atoms with van der Waals surface area (Å²) in [5, 5.41) is 3.04. The minimum absolute atomic E-state index is 0.110. The van der Waals surface area contributed by atoms with E-state index in [0.29, 0.717) is 13.1 Å². The van der Waals surface area contributed by atoms with Gasteiger partial charge >= 0.3 is 6.09 Å². The molecule has 1 atom stereocenters. The third-order valence-electron chi connectivity index (χ3n) is 2.64. The third-order valence-corrected chi connectivity index (χ3v) is 2.64. The number of likely N-dealkylation sites (tertiary alicyclic amines) is 1. The highest BCUT2D eigenvalue weighted by molar-refractivity contribution is 5.76. The monoisotopic (exact) mass is 257 g/mol. The predicted octanol–water partition coefficient (Wildman–Crippen LogP) is 0.461. The number of rotatable bonds is 3. The number of ether oxygens (including phenoxy) is 1. The number of hydrogen-bond donors (Lipinski definition) is 2. The lowest BCUT2D eigenvalue weighted by molar-refractivity contribution is -0.117. The smallest absolute Gasteiger partial charge is 0.410 e. The zero-order valence-corrected chi connectivity index (χ0v) is 11.4. The molecule has 1 rings (SSSR count). The zero-order valence-electron chi connectivity index (χ0n) is 11.4. The Bertz CT molecular complexity index is 312. The molecular formula is C12H23N3O3. The molecule has 6 heteroatoms. The molecule has 0 radical (unpaired) electrons. The van der Waals surface area contributed by atoms with Crippen molar-refractivity contribution in [1.82, 2.24) is 10.2 Å². The zero-order chi connectivity index (χ0) is 13.8. The van der Waals surface area contributed by atoms with Crippen LogP contribution in [0.15, 0.2) is 0 Å². The second kappa shape index (κ2) is 6.04. The van der Waals surface area contributed by atoms with Gasteiger partial charge in [-0.3, -0.25) is 4.79 Å². The van der Waals surface area contributed by atoms with E-state index in [2.05, 4.69) is 5.32 Å². The molecule has 1 unspecified atom stereocenters. The number of carbonyl (C=O) groups is 2. The molecule has 0 aromatic carbocycles. The largest absolute Gasteiger partial charge is 0.444 e. The highest BCUT2D eigenvalue weighted by Gasteiger charge is 2.27. The molecule has 1 aliphatic heterocycles. The lowest BCUT2D eigenvalue weighted by atomic mass is 10.1. The van der Waals surface area contributed by atoms with E-state index in [-0.39, 0.29) is 24.6 Å². The SMILES string of the molecule is CC(C)(C)OC(=O)N1CCCC(NCC(N)=O)C1. The molecule has 0 spiro atoms. The van der Waals surface area contributed by atoms with Crippen molar-refractivity contribution in [2.45, 2.75) is 45.3 Å². The van der Waals surface area contributed by atoms with Gasteiger partial charge < -0.3 is 20.7 Å². The summed E-state index contributed by atoms with van der Waals surface area (Å²) in [6, 6.07) is 0.110. The van der Waals surface area contributed by atoms with Crippen LogP contribution in [0.25, 0.3) is 0 Å². The molecule has 0 aromatic rings. The Morgan fingerprint density at radius 3 is 2.67 bits per heavy atom. The topological polar surface area (TPSA) is 84.7 Å². The Morgan fingerprint density at radius 2 is 2.11 bits per heavy atom. The van der Waals surface area contributed by atoms with Gasteiger partial charge in [0.15, 0.2) is 0 Å². The van der Waals surface area contributed by atoms with Gasteiger partial charge in [0.05, 0.1) is 6.54 Å². The van der Waals surface area contributed by atoms with Gasteiger partial charge in [-0.15, -0.1) is 0 Å². The van der Waals surface area contributed by atoms with Gasteiger partial charge in [-0.05, 0) is 33.6 Å². The Morgan fingerprint density at radius 1 is 1.44 bits per heavy atom. The van der Waals surface area contributed by atoms with Crippen molar-refractivity contribution in [3.05, 3.63) is 0 Å². The maximum atomic E-state index is 11.9. The molecule has 1 saturated heterocycles. The lowest BCUT2D eigenvalue weighted by Crippen LogP contribution is -2.50. The molecular weight excluding hydrogens is 234 g/mol. The van der Waals surface area contributed by atoms with E-state index >= 15 is 0 Å². The van der Waals surface area contributed by atoms with Gasteiger partial charge in [-0.1, -0.05) is 0 Å². The van der Waals surface area contributed by atoms with Crippen molar-refractivity contribution >= 4 is 12.0 Å². The molecule has 18 heavy (non-hydrogen) atoms. The second-order valence-electron chi connectivity index (χ2n) is 5.61. The molecule has 1 heterocycles. The van der Waals surface area contributed by atoms with Crippen molar-refractivity contribution in [3.63, 3.8) is 0 Å². The van der Waals surface area contributed by atoms with E-state index in [1.54, 1.807) is 4.90 Å². The number of nitrogens with zero attached hydrogens (tertiary/aromatic N) is 1. The number of primary amides is 1. The van der Waals surface area contributed by atoms with E-state index in [0.717, 1.165) is 12.8 Å². The fourth-order valence-corrected chi connectivity index (χ4v) is 1.88. The Labute approximate surface area is 108 Å². The summed E-state index contributed by atoms with van der Waals surface area (Å²) in [7, 11) is 0. The van der Waals surface area contributed by atoms with Crippen LogP contribution in [0.1, 0.15) is 33.6 Å². The molecule has 1 fully saturated rings. The van der Waals surface area contributed by atoms with E-state index in [1.165, 1.54) is 0 Å². The van der Waals surface area contributed by atoms with Crippen LogP contribution >= 0.6 is 0 Å². The lowest BCUT2D eigenvalue weighted by Gasteiger charge is -2.34. The average Bonchev–Trinajstić information content (AvgIpc) is 2.24. The van der Waals surface area contributed by atoms with Crippen LogP contribution in [0.3, 0.4) is 0 Å². The van der Waals surface area contributed by atoms with Crippen molar-refractivity contribution in [3.8, 4) is 0 Å². The minimum atomic E-state index is -0.481. The quantitative estimate of drug-likeness (QED) is 0.769. The van der Waals surface area contributed by atoms with Gasteiger partial charge in [0, 0.05) is 19.1 Å². The molecule has 0 saturated carbocycles. The summed E-state index contributed by atoms with van der Waals surface area (Å²) in [4.78, 5) is 24.3. The third kappa shape index (κ3) is 5.35. The van der Waals surface area contributed by atoms with E-state index in [4.69, 9.17) is 10.5 Å². The molecule has 2 amide bonds. The summed E-state index contributed by atoms with van der Waals surface area (Å²) in [6.07, 6.45) is 1.54. The number of hydrogen-bond acceptors (Lipinski definition) is 4. The minimum Gasteiger partial charge on any atom is -0.444 e. The molecule has 104 valence electrons. The number of amides is 2. The van der Waals surface area contributed by atoms with Crippen LogP contribution in [0.4, 0.5) is 4.79 Å². The number of carbonyl (C=O) groups excluding carboxylic acids is 2. The molecule has 6 nitrogen and oxygen atoms in total. The Balaban J connectivity index is 2.43. The number of nitrogens with one attached hydrogen (secondary N) is 1. The van der Waals surface area contributed by atoms with Gasteiger partial charge in [-0.25, -0.2) is 4.79 Å². The summed E-state index contributed by atoms with van der Waals surface area (Å²) in [5.41, 5.74) is 4.60. The van der Waals surface area contributed by atoms with Crippen LogP contribution in [-0.2, 0) is 9.53 Å². The summed E-state index contributed by atoms with van der Waals surface area (Å²) >= 11 is 0. The fraction of sp³-hybridized carbons (Fsp3) is 0.833. The molecule has 3 N–H and O–H groups in total. The maximum Gasteiger partial charge on any atom is 0.410 e. The molecule has 0 bridgehead atoms. The average molecular weight is 257 g/mol. The first kappa shape index (κ1) is 14.8. The highest BCUT2D eigenvalue weighted by Crippen LogP contribution is 2.15. The Hall–Kier alpha value is -1.30. The van der Waals surface area contributed by atoms with Crippen molar-refractivity contribution < 1.29 is 14.3 Å². The van der Waals surface area contributed by atoms with Gasteiger partial charge in [0.2, 0.25) is 5.91 Å². The van der Waals surface area contributed by atoms with Crippen LogP contribution in [0.5, 0.6) is 0 Å². The Kier molecular flexibility index (Phi) is 4.95. The van der Waals surface area contributed by atoms with Gasteiger partial charge in [-0.2, -0.15) is 0 Å². The summed E-state index contributed by atoms with van der Waals surface area (Å²) in [5.74, 6) is -0.385. The fourth-order valence-electron chi connectivity index (χ4n) is 1.88. The molecule has 0 aliphatic carbocycles. The van der Waals surface area contributed by atoms with E-state index in [9.17, 15) is 9.59 Å². The standard InChI is InChI=1S/C12H23N3O3/c1-12(2,3)18-11(17)15-6-4-5-9(8-15)14-7-10(13)16/h9,14H,4-8H2,1-3H3,(H2,13,16). The van der Waals surface area contributed by atoms with Crippen molar-refractivity contribution in [2.75, 3.05) is 19.6 Å². The van der Waals surface area contributed by atoms with Crippen molar-refractivity contribution in [1.29, 1.82) is 0 Å². The van der Waals surface area contributed by atoms with Crippen molar-refractivity contribution in [2.24, 2.45) is 5.73 Å².